The van der Waals surface area contributed by atoms with E-state index in [1.165, 1.54) is 30.4 Å². The number of nitrogens with zero attached hydrogens (tertiary/aromatic N) is 1. The van der Waals surface area contributed by atoms with Gasteiger partial charge < -0.3 is 0 Å². The van der Waals surface area contributed by atoms with Crippen molar-refractivity contribution in [2.45, 2.75) is 40.0 Å². The first-order valence-corrected chi connectivity index (χ1v) is 4.66. The normalized spacial score (nSPS) is 10.2. The van der Waals surface area contributed by atoms with E-state index in [1.54, 1.807) is 0 Å². The van der Waals surface area contributed by atoms with Crippen LogP contribution in [0.4, 0.5) is 0 Å². The molecule has 0 N–H and O–H groups in total. The number of rotatable bonds is 3. The number of hydrogen-bond acceptors (Lipinski definition) is 1. The molecule has 0 spiro atoms. The van der Waals surface area contributed by atoms with Crippen LogP contribution in [0.2, 0.25) is 0 Å². The van der Waals surface area contributed by atoms with Gasteiger partial charge in [0.2, 0.25) is 0 Å². The summed E-state index contributed by atoms with van der Waals surface area (Å²) in [6.07, 6.45) is 5.72. The molecule has 0 unspecified atom stereocenters. The maximum atomic E-state index is 4.29. The number of unbranched alkanes of at least 4 members (excludes halogenated alkanes) is 1. The summed E-state index contributed by atoms with van der Waals surface area (Å²) in [6.45, 7) is 6.42. The SMILES string of the molecule is CCCCc1cnc(C)cc1C. The third-order valence-corrected chi connectivity index (χ3v) is 2.16. The van der Waals surface area contributed by atoms with Gasteiger partial charge in [0.25, 0.3) is 0 Å². The van der Waals surface area contributed by atoms with Gasteiger partial charge in [-0.2, -0.15) is 0 Å². The van der Waals surface area contributed by atoms with Crippen molar-refractivity contribution >= 4 is 0 Å². The van der Waals surface area contributed by atoms with Crippen LogP contribution >= 0.6 is 0 Å². The smallest absolute Gasteiger partial charge is 0.0375 e. The summed E-state index contributed by atoms with van der Waals surface area (Å²) in [4.78, 5) is 4.29. The van der Waals surface area contributed by atoms with Gasteiger partial charge in [-0.3, -0.25) is 4.98 Å². The average Bonchev–Trinajstić information content (AvgIpc) is 2.03. The summed E-state index contributed by atoms with van der Waals surface area (Å²) in [5.74, 6) is 0. The van der Waals surface area contributed by atoms with E-state index >= 15 is 0 Å². The molecule has 0 aliphatic rings. The standard InChI is InChI=1S/C11H17N/c1-4-5-6-11-8-12-10(3)7-9(11)2/h7-8H,4-6H2,1-3H3. The second-order valence-corrected chi connectivity index (χ2v) is 3.36. The lowest BCUT2D eigenvalue weighted by atomic mass is 10.1. The van der Waals surface area contributed by atoms with Gasteiger partial charge in [0.15, 0.2) is 0 Å². The molecule has 1 nitrogen and oxygen atoms in total. The molecule has 66 valence electrons. The first kappa shape index (κ1) is 9.24. The van der Waals surface area contributed by atoms with E-state index in [-0.39, 0.29) is 0 Å². The Balaban J connectivity index is 2.72. The zero-order valence-corrected chi connectivity index (χ0v) is 8.22. The summed E-state index contributed by atoms with van der Waals surface area (Å²) < 4.78 is 0. The van der Waals surface area contributed by atoms with Crippen molar-refractivity contribution in [2.24, 2.45) is 0 Å². The van der Waals surface area contributed by atoms with Crippen LogP contribution in [-0.4, -0.2) is 4.98 Å². The summed E-state index contributed by atoms with van der Waals surface area (Å²) in [5.41, 5.74) is 3.91. The minimum absolute atomic E-state index is 1.12. The summed E-state index contributed by atoms with van der Waals surface area (Å²) in [6, 6.07) is 2.16. The molecule has 0 fully saturated rings. The molecule has 1 aromatic rings. The molecular weight excluding hydrogens is 146 g/mol. The van der Waals surface area contributed by atoms with Crippen molar-refractivity contribution in [1.82, 2.24) is 4.98 Å². The highest BCUT2D eigenvalue weighted by molar-refractivity contribution is 5.24. The Hall–Kier alpha value is -0.850. The molecule has 0 atom stereocenters. The minimum Gasteiger partial charge on any atom is -0.261 e. The fraction of sp³-hybridized carbons (Fsp3) is 0.545. The summed E-state index contributed by atoms with van der Waals surface area (Å²) in [5, 5.41) is 0. The first-order valence-electron chi connectivity index (χ1n) is 4.66. The Labute approximate surface area is 74.8 Å². The maximum absolute atomic E-state index is 4.29. The molecule has 0 amide bonds. The Morgan fingerprint density at radius 2 is 2.08 bits per heavy atom. The highest BCUT2D eigenvalue weighted by Gasteiger charge is 1.97. The van der Waals surface area contributed by atoms with E-state index in [1.807, 2.05) is 13.1 Å². The van der Waals surface area contributed by atoms with E-state index in [9.17, 15) is 0 Å². The van der Waals surface area contributed by atoms with Crippen molar-refractivity contribution in [3.8, 4) is 0 Å². The van der Waals surface area contributed by atoms with E-state index in [2.05, 4.69) is 24.9 Å². The summed E-state index contributed by atoms with van der Waals surface area (Å²) >= 11 is 0. The molecule has 1 rings (SSSR count). The second-order valence-electron chi connectivity index (χ2n) is 3.36. The van der Waals surface area contributed by atoms with E-state index in [0.29, 0.717) is 0 Å². The van der Waals surface area contributed by atoms with Crippen molar-refractivity contribution in [3.63, 3.8) is 0 Å². The van der Waals surface area contributed by atoms with E-state index in [0.717, 1.165) is 5.69 Å². The quantitative estimate of drug-likeness (QED) is 0.667. The Morgan fingerprint density at radius 3 is 2.67 bits per heavy atom. The predicted octanol–water partition coefficient (Wildman–Crippen LogP) is 3.04. The fourth-order valence-electron chi connectivity index (χ4n) is 1.35. The lowest BCUT2D eigenvalue weighted by Gasteiger charge is -2.04. The highest BCUT2D eigenvalue weighted by Crippen LogP contribution is 2.10. The Bertz CT molecular complexity index is 253. The lowest BCUT2D eigenvalue weighted by molar-refractivity contribution is 0.787. The van der Waals surface area contributed by atoms with Crippen molar-refractivity contribution in [1.29, 1.82) is 0 Å². The molecule has 0 saturated heterocycles. The lowest BCUT2D eigenvalue weighted by Crippen LogP contribution is -1.92. The van der Waals surface area contributed by atoms with E-state index in [4.69, 9.17) is 0 Å². The predicted molar refractivity (Wildman–Crippen MR) is 52.3 cm³/mol. The summed E-state index contributed by atoms with van der Waals surface area (Å²) in [7, 11) is 0. The largest absolute Gasteiger partial charge is 0.261 e. The molecule has 12 heavy (non-hydrogen) atoms. The third kappa shape index (κ3) is 2.33. The van der Waals surface area contributed by atoms with Crippen molar-refractivity contribution in [3.05, 3.63) is 29.1 Å². The van der Waals surface area contributed by atoms with Crippen LogP contribution in [0.25, 0.3) is 0 Å². The van der Waals surface area contributed by atoms with Gasteiger partial charge in [0, 0.05) is 11.9 Å². The first-order chi connectivity index (χ1) is 5.74. The molecule has 1 aromatic heterocycles. The van der Waals surface area contributed by atoms with Crippen LogP contribution in [0.5, 0.6) is 0 Å². The molecule has 0 bridgehead atoms. The highest BCUT2D eigenvalue weighted by atomic mass is 14.7. The number of hydrogen-bond donors (Lipinski definition) is 0. The third-order valence-electron chi connectivity index (χ3n) is 2.16. The molecule has 0 aromatic carbocycles. The molecule has 0 radical (unpaired) electrons. The number of aromatic nitrogens is 1. The van der Waals surface area contributed by atoms with Gasteiger partial charge in [-0.15, -0.1) is 0 Å². The van der Waals surface area contributed by atoms with Gasteiger partial charge in [-0.25, -0.2) is 0 Å². The molecule has 0 saturated carbocycles. The van der Waals surface area contributed by atoms with Crippen LogP contribution in [0, 0.1) is 13.8 Å². The fourth-order valence-corrected chi connectivity index (χ4v) is 1.35. The van der Waals surface area contributed by atoms with Crippen molar-refractivity contribution < 1.29 is 0 Å². The van der Waals surface area contributed by atoms with Crippen LogP contribution in [0.15, 0.2) is 12.3 Å². The van der Waals surface area contributed by atoms with Gasteiger partial charge in [0.05, 0.1) is 0 Å². The molecule has 0 aliphatic carbocycles. The zero-order chi connectivity index (χ0) is 8.97. The second kappa shape index (κ2) is 4.24. The van der Waals surface area contributed by atoms with Crippen LogP contribution < -0.4 is 0 Å². The molecule has 0 aliphatic heterocycles. The molecule has 1 heteroatoms. The van der Waals surface area contributed by atoms with Gasteiger partial charge in [0.1, 0.15) is 0 Å². The number of pyridine rings is 1. The molecular formula is C11H17N. The Morgan fingerprint density at radius 1 is 1.33 bits per heavy atom. The monoisotopic (exact) mass is 163 g/mol. The van der Waals surface area contributed by atoms with Crippen LogP contribution in [0.3, 0.4) is 0 Å². The van der Waals surface area contributed by atoms with Crippen LogP contribution in [-0.2, 0) is 6.42 Å². The van der Waals surface area contributed by atoms with Crippen LogP contribution in [0.1, 0.15) is 36.6 Å². The number of aryl methyl sites for hydroxylation is 3. The van der Waals surface area contributed by atoms with Gasteiger partial charge >= 0.3 is 0 Å². The topological polar surface area (TPSA) is 12.9 Å². The maximum Gasteiger partial charge on any atom is 0.0375 e. The zero-order valence-electron chi connectivity index (χ0n) is 8.22. The molecule has 1 heterocycles. The van der Waals surface area contributed by atoms with Crippen molar-refractivity contribution in [2.75, 3.05) is 0 Å². The van der Waals surface area contributed by atoms with Gasteiger partial charge in [-0.05, 0) is 43.9 Å². The minimum atomic E-state index is 1.12. The van der Waals surface area contributed by atoms with Gasteiger partial charge in [-0.1, -0.05) is 13.3 Å². The van der Waals surface area contributed by atoms with E-state index < -0.39 is 0 Å². The average molecular weight is 163 g/mol. The Kier molecular flexibility index (Phi) is 3.27.